The minimum Gasteiger partial charge on any atom is -0.346 e. The van der Waals surface area contributed by atoms with Crippen LogP contribution < -0.4 is 10.9 Å². The first-order valence-corrected chi connectivity index (χ1v) is 6.82. The summed E-state index contributed by atoms with van der Waals surface area (Å²) < 4.78 is 1.58. The Morgan fingerprint density at radius 1 is 1.43 bits per heavy atom. The van der Waals surface area contributed by atoms with E-state index in [4.69, 9.17) is 0 Å². The van der Waals surface area contributed by atoms with Crippen molar-refractivity contribution < 1.29 is 4.79 Å². The summed E-state index contributed by atoms with van der Waals surface area (Å²) in [6, 6.07) is 4.78. The van der Waals surface area contributed by atoms with Crippen LogP contribution in [0.2, 0.25) is 0 Å². The summed E-state index contributed by atoms with van der Waals surface area (Å²) in [5.74, 6) is 1.12. The Morgan fingerprint density at radius 2 is 2.19 bits per heavy atom. The quantitative estimate of drug-likeness (QED) is 0.853. The smallest absolute Gasteiger partial charge is 0.250 e. The monoisotopic (exact) mass is 289 g/mol. The van der Waals surface area contributed by atoms with Crippen molar-refractivity contribution in [1.29, 1.82) is 0 Å². The number of H-pyrrole nitrogens is 1. The van der Waals surface area contributed by atoms with E-state index < -0.39 is 0 Å². The number of carbonyl (C=O) groups excluding carboxylic acids is 1. The van der Waals surface area contributed by atoms with Crippen LogP contribution in [0.3, 0.4) is 0 Å². The fraction of sp³-hybridized carbons (Fsp3) is 0.429. The summed E-state index contributed by atoms with van der Waals surface area (Å²) >= 11 is 0. The van der Waals surface area contributed by atoms with Gasteiger partial charge in [0.2, 0.25) is 5.91 Å². The number of carbonyl (C=O) groups is 1. The van der Waals surface area contributed by atoms with Crippen molar-refractivity contribution in [3.8, 4) is 0 Å². The zero-order chi connectivity index (χ0) is 15.4. The summed E-state index contributed by atoms with van der Waals surface area (Å²) in [4.78, 5) is 27.8. The summed E-state index contributed by atoms with van der Waals surface area (Å²) in [5.41, 5.74) is 0.744. The van der Waals surface area contributed by atoms with E-state index in [1.807, 2.05) is 19.9 Å². The molecule has 0 aliphatic heterocycles. The molecular weight excluding hydrogens is 270 g/mol. The van der Waals surface area contributed by atoms with Crippen LogP contribution in [0.4, 0.5) is 0 Å². The number of aryl methyl sites for hydroxylation is 2. The van der Waals surface area contributed by atoms with Crippen LogP contribution in [0, 0.1) is 13.8 Å². The van der Waals surface area contributed by atoms with Gasteiger partial charge < -0.3 is 9.88 Å². The molecule has 0 saturated heterocycles. The molecule has 0 aliphatic carbocycles. The zero-order valence-corrected chi connectivity index (χ0v) is 12.4. The van der Waals surface area contributed by atoms with Crippen LogP contribution in [0.1, 0.15) is 36.7 Å². The third kappa shape index (κ3) is 3.77. The van der Waals surface area contributed by atoms with Crippen molar-refractivity contribution in [2.24, 2.45) is 0 Å². The van der Waals surface area contributed by atoms with Gasteiger partial charge in [-0.15, -0.1) is 0 Å². The first-order chi connectivity index (χ1) is 9.97. The number of nitrogens with zero attached hydrogens (tertiary/aromatic N) is 3. The van der Waals surface area contributed by atoms with Crippen molar-refractivity contribution in [2.75, 3.05) is 0 Å². The van der Waals surface area contributed by atoms with Gasteiger partial charge >= 0.3 is 0 Å². The summed E-state index contributed by atoms with van der Waals surface area (Å²) in [6.45, 7) is 5.82. The van der Waals surface area contributed by atoms with Crippen molar-refractivity contribution in [1.82, 2.24) is 25.1 Å². The molecule has 2 aromatic rings. The van der Waals surface area contributed by atoms with E-state index in [1.54, 1.807) is 17.6 Å². The fourth-order valence-corrected chi connectivity index (χ4v) is 2.06. The zero-order valence-electron chi connectivity index (χ0n) is 12.4. The van der Waals surface area contributed by atoms with Gasteiger partial charge in [-0.1, -0.05) is 6.07 Å². The Hall–Kier alpha value is -2.44. The van der Waals surface area contributed by atoms with Gasteiger partial charge in [0, 0.05) is 24.7 Å². The van der Waals surface area contributed by atoms with Crippen LogP contribution in [-0.2, 0) is 11.3 Å². The van der Waals surface area contributed by atoms with E-state index in [-0.39, 0.29) is 23.9 Å². The third-order valence-electron chi connectivity index (χ3n) is 3.21. The van der Waals surface area contributed by atoms with E-state index in [0.29, 0.717) is 18.2 Å². The number of aromatic nitrogens is 4. The number of aromatic amines is 1. The number of hydrogen-bond acceptors (Lipinski definition) is 4. The molecule has 1 atom stereocenters. The molecule has 2 heterocycles. The molecule has 0 unspecified atom stereocenters. The number of pyridine rings is 1. The highest BCUT2D eigenvalue weighted by molar-refractivity contribution is 5.76. The highest BCUT2D eigenvalue weighted by Gasteiger charge is 2.13. The number of hydrogen-bond donors (Lipinski definition) is 2. The van der Waals surface area contributed by atoms with Gasteiger partial charge in [0.05, 0.1) is 6.04 Å². The second kappa shape index (κ2) is 6.34. The van der Waals surface area contributed by atoms with Gasteiger partial charge in [0.25, 0.3) is 5.56 Å². The third-order valence-corrected chi connectivity index (χ3v) is 3.21. The Balaban J connectivity index is 1.92. The number of rotatable bonds is 5. The molecule has 2 N–H and O–H groups in total. The van der Waals surface area contributed by atoms with Gasteiger partial charge in [0.15, 0.2) is 5.82 Å². The predicted octanol–water partition coefficient (Wildman–Crippen LogP) is 0.851. The molecule has 0 saturated carbocycles. The maximum Gasteiger partial charge on any atom is 0.250 e. The average Bonchev–Trinajstić information content (AvgIpc) is 2.85. The standard InChI is InChI=1S/C14H19N5O2/c1-9-5-4-6-13(21)19(9)8-7-12(20)15-10(2)14-16-11(3)17-18-14/h4-6,10H,7-8H2,1-3H3,(H,15,20)(H,16,17,18)/t10-/m0/s1. The topological polar surface area (TPSA) is 92.7 Å². The fourth-order valence-electron chi connectivity index (χ4n) is 2.06. The average molecular weight is 289 g/mol. The Bertz CT molecular complexity index is 689. The maximum absolute atomic E-state index is 11.9. The SMILES string of the molecule is Cc1nc([C@H](C)NC(=O)CCn2c(C)cccc2=O)n[nH]1. The second-order valence-corrected chi connectivity index (χ2v) is 4.98. The van der Waals surface area contributed by atoms with Gasteiger partial charge in [-0.25, -0.2) is 4.98 Å². The molecule has 0 aromatic carbocycles. The minimum absolute atomic E-state index is 0.0968. The second-order valence-electron chi connectivity index (χ2n) is 4.98. The van der Waals surface area contributed by atoms with E-state index in [9.17, 15) is 9.59 Å². The molecule has 2 aromatic heterocycles. The minimum atomic E-state index is -0.268. The highest BCUT2D eigenvalue weighted by atomic mass is 16.2. The normalized spacial score (nSPS) is 12.1. The number of nitrogens with one attached hydrogen (secondary N) is 2. The van der Waals surface area contributed by atoms with E-state index >= 15 is 0 Å². The molecule has 112 valence electrons. The number of amides is 1. The molecular formula is C14H19N5O2. The molecule has 7 nitrogen and oxygen atoms in total. The summed E-state index contributed by atoms with van der Waals surface area (Å²) in [7, 11) is 0. The molecule has 21 heavy (non-hydrogen) atoms. The van der Waals surface area contributed by atoms with Crippen LogP contribution in [-0.4, -0.2) is 25.7 Å². The first-order valence-electron chi connectivity index (χ1n) is 6.82. The van der Waals surface area contributed by atoms with E-state index in [1.165, 1.54) is 6.07 Å². The molecule has 0 fully saturated rings. The molecule has 0 spiro atoms. The molecule has 7 heteroatoms. The van der Waals surface area contributed by atoms with Gasteiger partial charge in [-0.2, -0.15) is 5.10 Å². The van der Waals surface area contributed by atoms with Gasteiger partial charge in [-0.05, 0) is 26.8 Å². The highest BCUT2D eigenvalue weighted by Crippen LogP contribution is 2.06. The lowest BCUT2D eigenvalue weighted by Crippen LogP contribution is -2.30. The lowest BCUT2D eigenvalue weighted by atomic mass is 10.3. The van der Waals surface area contributed by atoms with Crippen molar-refractivity contribution >= 4 is 5.91 Å². The van der Waals surface area contributed by atoms with Gasteiger partial charge in [0.1, 0.15) is 5.82 Å². The Morgan fingerprint density at radius 3 is 2.81 bits per heavy atom. The van der Waals surface area contributed by atoms with E-state index in [0.717, 1.165) is 5.69 Å². The lowest BCUT2D eigenvalue weighted by molar-refractivity contribution is -0.122. The van der Waals surface area contributed by atoms with Crippen LogP contribution >= 0.6 is 0 Å². The summed E-state index contributed by atoms with van der Waals surface area (Å²) in [6.07, 6.45) is 0.235. The molecule has 0 bridgehead atoms. The Kier molecular flexibility index (Phi) is 4.52. The van der Waals surface area contributed by atoms with E-state index in [2.05, 4.69) is 20.5 Å². The molecule has 0 radical (unpaired) electrons. The van der Waals surface area contributed by atoms with Gasteiger partial charge in [-0.3, -0.25) is 14.7 Å². The first kappa shape index (κ1) is 15.0. The van der Waals surface area contributed by atoms with Crippen molar-refractivity contribution in [3.05, 3.63) is 45.9 Å². The maximum atomic E-state index is 11.9. The van der Waals surface area contributed by atoms with Crippen LogP contribution in [0.15, 0.2) is 23.0 Å². The molecule has 2 rings (SSSR count). The Labute approximate surface area is 122 Å². The van der Waals surface area contributed by atoms with Crippen molar-refractivity contribution in [3.63, 3.8) is 0 Å². The molecule has 0 aliphatic rings. The van der Waals surface area contributed by atoms with Crippen LogP contribution in [0.5, 0.6) is 0 Å². The predicted molar refractivity (Wildman–Crippen MR) is 77.7 cm³/mol. The summed E-state index contributed by atoms with van der Waals surface area (Å²) in [5, 5.41) is 9.57. The lowest BCUT2D eigenvalue weighted by Gasteiger charge is -2.12. The molecule has 1 amide bonds. The van der Waals surface area contributed by atoms with Crippen molar-refractivity contribution in [2.45, 2.75) is 39.8 Å². The largest absolute Gasteiger partial charge is 0.346 e. The van der Waals surface area contributed by atoms with Crippen LogP contribution in [0.25, 0.3) is 0 Å².